The van der Waals surface area contributed by atoms with Crippen LogP contribution in [-0.4, -0.2) is 15.4 Å². The van der Waals surface area contributed by atoms with Crippen LogP contribution in [0.4, 0.5) is 30.7 Å². The molecule has 3 aromatic rings. The van der Waals surface area contributed by atoms with E-state index in [1.165, 1.54) is 0 Å². The minimum absolute atomic E-state index is 0.0187. The predicted molar refractivity (Wildman–Crippen MR) is 81.9 cm³/mol. The van der Waals surface area contributed by atoms with Gasteiger partial charge in [-0.1, -0.05) is 0 Å². The summed E-state index contributed by atoms with van der Waals surface area (Å²) in [5.41, 5.74) is -4.14. The molecule has 0 atom stereocenters. The molecule has 0 radical (unpaired) electrons. The van der Waals surface area contributed by atoms with Crippen molar-refractivity contribution < 1.29 is 30.7 Å². The highest BCUT2D eigenvalue weighted by Crippen LogP contribution is 2.39. The summed E-state index contributed by atoms with van der Waals surface area (Å²) >= 11 is 0. The number of nitrogens with zero attached hydrogens (tertiary/aromatic N) is 3. The molecule has 1 N–H and O–H groups in total. The SMILES string of the molecule is N#Cc1n[nH]nc1-c1cc(F)cc(-c2cc(C(F)(F)F)cc(C(F)(F)F)c2)c1. The lowest BCUT2D eigenvalue weighted by atomic mass is 9.96. The van der Waals surface area contributed by atoms with Gasteiger partial charge in [0.15, 0.2) is 5.69 Å². The van der Waals surface area contributed by atoms with Crippen LogP contribution in [-0.2, 0) is 12.4 Å². The average molecular weight is 400 g/mol. The fourth-order valence-corrected chi connectivity index (χ4v) is 2.52. The summed E-state index contributed by atoms with van der Waals surface area (Å²) < 4.78 is 92.2. The molecule has 28 heavy (non-hydrogen) atoms. The van der Waals surface area contributed by atoms with Gasteiger partial charge in [0.1, 0.15) is 17.6 Å². The van der Waals surface area contributed by atoms with Crippen molar-refractivity contribution in [2.75, 3.05) is 0 Å². The van der Waals surface area contributed by atoms with Crippen LogP contribution < -0.4 is 0 Å². The first-order chi connectivity index (χ1) is 13.0. The summed E-state index contributed by atoms with van der Waals surface area (Å²) in [5.74, 6) is -0.939. The lowest BCUT2D eigenvalue weighted by Crippen LogP contribution is -2.11. The minimum atomic E-state index is -5.04. The first-order valence-electron chi connectivity index (χ1n) is 7.41. The van der Waals surface area contributed by atoms with Crippen molar-refractivity contribution in [1.82, 2.24) is 15.4 Å². The molecule has 0 aliphatic rings. The maximum atomic E-state index is 14.0. The van der Waals surface area contributed by atoms with Crippen molar-refractivity contribution in [3.8, 4) is 28.5 Å². The Morgan fingerprint density at radius 3 is 1.82 bits per heavy atom. The van der Waals surface area contributed by atoms with E-state index in [1.54, 1.807) is 6.07 Å². The van der Waals surface area contributed by atoms with Crippen molar-refractivity contribution in [2.24, 2.45) is 0 Å². The second-order valence-corrected chi connectivity index (χ2v) is 5.66. The largest absolute Gasteiger partial charge is 0.416 e. The standard InChI is InChI=1S/C17H7F7N4/c18-13-4-8(1-10(5-13)15-14(7-25)26-28-27-15)9-2-11(16(19,20)21)6-12(3-9)17(22,23)24/h1-6H,(H,26,27,28). The summed E-state index contributed by atoms with van der Waals surface area (Å²) in [6.07, 6.45) is -10.1. The molecule has 0 spiro atoms. The number of benzene rings is 2. The van der Waals surface area contributed by atoms with E-state index in [-0.39, 0.29) is 28.6 Å². The molecule has 0 aliphatic carbocycles. The number of rotatable bonds is 2. The van der Waals surface area contributed by atoms with Crippen LogP contribution >= 0.6 is 0 Å². The Bertz CT molecular complexity index is 1040. The van der Waals surface area contributed by atoms with E-state index in [1.807, 2.05) is 0 Å². The van der Waals surface area contributed by atoms with Gasteiger partial charge in [-0.05, 0) is 47.5 Å². The molecule has 0 saturated carbocycles. The molecule has 0 aliphatic heterocycles. The zero-order valence-corrected chi connectivity index (χ0v) is 13.5. The summed E-state index contributed by atoms with van der Waals surface area (Å²) in [7, 11) is 0. The van der Waals surface area contributed by atoms with Crippen molar-refractivity contribution in [2.45, 2.75) is 12.4 Å². The van der Waals surface area contributed by atoms with E-state index in [0.29, 0.717) is 12.1 Å². The molecular formula is C17H7F7N4. The van der Waals surface area contributed by atoms with Crippen LogP contribution in [0.3, 0.4) is 0 Å². The van der Waals surface area contributed by atoms with Gasteiger partial charge < -0.3 is 0 Å². The van der Waals surface area contributed by atoms with Crippen molar-refractivity contribution in [3.05, 3.63) is 59.0 Å². The molecular weight excluding hydrogens is 393 g/mol. The summed E-state index contributed by atoms with van der Waals surface area (Å²) in [5, 5.41) is 18.3. The zero-order chi connectivity index (χ0) is 20.7. The fourth-order valence-electron chi connectivity index (χ4n) is 2.52. The second-order valence-electron chi connectivity index (χ2n) is 5.66. The van der Waals surface area contributed by atoms with Gasteiger partial charge in [-0.25, -0.2) is 4.39 Å². The minimum Gasteiger partial charge on any atom is -0.207 e. The Hall–Kier alpha value is -3.42. The number of alkyl halides is 6. The molecule has 0 saturated heterocycles. The van der Waals surface area contributed by atoms with Gasteiger partial charge in [-0.15, -0.1) is 5.10 Å². The van der Waals surface area contributed by atoms with Crippen LogP contribution in [0.5, 0.6) is 0 Å². The Kier molecular flexibility index (Phi) is 4.58. The van der Waals surface area contributed by atoms with E-state index < -0.39 is 34.9 Å². The number of aromatic amines is 1. The molecule has 1 heterocycles. The Labute approximate surface area is 152 Å². The molecule has 1 aromatic heterocycles. The third kappa shape index (κ3) is 3.80. The zero-order valence-electron chi connectivity index (χ0n) is 13.5. The van der Waals surface area contributed by atoms with E-state index >= 15 is 0 Å². The first kappa shape index (κ1) is 19.3. The van der Waals surface area contributed by atoms with Gasteiger partial charge in [-0.2, -0.15) is 41.9 Å². The summed E-state index contributed by atoms with van der Waals surface area (Å²) in [6.45, 7) is 0. The number of H-pyrrole nitrogens is 1. The van der Waals surface area contributed by atoms with Gasteiger partial charge in [-0.3, -0.25) is 0 Å². The molecule has 0 fully saturated rings. The van der Waals surface area contributed by atoms with Crippen LogP contribution in [0.2, 0.25) is 0 Å². The third-order valence-corrected chi connectivity index (χ3v) is 3.75. The van der Waals surface area contributed by atoms with Crippen LogP contribution in [0, 0.1) is 17.1 Å². The molecule has 0 amide bonds. The van der Waals surface area contributed by atoms with E-state index in [2.05, 4.69) is 15.4 Å². The Morgan fingerprint density at radius 2 is 1.29 bits per heavy atom. The van der Waals surface area contributed by atoms with Crippen molar-refractivity contribution in [3.63, 3.8) is 0 Å². The van der Waals surface area contributed by atoms with Gasteiger partial charge in [0.25, 0.3) is 0 Å². The maximum absolute atomic E-state index is 14.0. The van der Waals surface area contributed by atoms with E-state index in [4.69, 9.17) is 5.26 Å². The molecule has 3 rings (SSSR count). The number of hydrogen-bond donors (Lipinski definition) is 1. The molecule has 144 valence electrons. The summed E-state index contributed by atoms with van der Waals surface area (Å²) in [6, 6.07) is 5.48. The van der Waals surface area contributed by atoms with Gasteiger partial charge >= 0.3 is 12.4 Å². The normalized spacial score (nSPS) is 12.1. The summed E-state index contributed by atoms with van der Waals surface area (Å²) in [4.78, 5) is 0. The lowest BCUT2D eigenvalue weighted by molar-refractivity contribution is -0.143. The maximum Gasteiger partial charge on any atom is 0.416 e. The fraction of sp³-hybridized carbons (Fsp3) is 0.118. The third-order valence-electron chi connectivity index (χ3n) is 3.75. The van der Waals surface area contributed by atoms with Gasteiger partial charge in [0.05, 0.1) is 11.1 Å². The highest BCUT2D eigenvalue weighted by molar-refractivity contribution is 5.74. The van der Waals surface area contributed by atoms with Crippen LogP contribution in [0.15, 0.2) is 36.4 Å². The topological polar surface area (TPSA) is 65.4 Å². The van der Waals surface area contributed by atoms with E-state index in [0.717, 1.165) is 18.2 Å². The number of nitriles is 1. The lowest BCUT2D eigenvalue weighted by Gasteiger charge is -2.15. The first-order valence-corrected chi connectivity index (χ1v) is 7.41. The Balaban J connectivity index is 2.23. The highest BCUT2D eigenvalue weighted by Gasteiger charge is 2.37. The molecule has 0 bridgehead atoms. The van der Waals surface area contributed by atoms with Crippen LogP contribution in [0.1, 0.15) is 16.8 Å². The van der Waals surface area contributed by atoms with Crippen molar-refractivity contribution in [1.29, 1.82) is 5.26 Å². The molecule has 2 aromatic carbocycles. The molecule has 4 nitrogen and oxygen atoms in total. The number of halogens is 7. The molecule has 0 unspecified atom stereocenters. The second kappa shape index (κ2) is 6.63. The predicted octanol–water partition coefficient (Wildman–Crippen LogP) is 5.19. The van der Waals surface area contributed by atoms with Gasteiger partial charge in [0.2, 0.25) is 0 Å². The monoisotopic (exact) mass is 400 g/mol. The number of hydrogen-bond acceptors (Lipinski definition) is 3. The highest BCUT2D eigenvalue weighted by atomic mass is 19.4. The van der Waals surface area contributed by atoms with E-state index in [9.17, 15) is 30.7 Å². The smallest absolute Gasteiger partial charge is 0.207 e. The van der Waals surface area contributed by atoms with Crippen molar-refractivity contribution >= 4 is 0 Å². The van der Waals surface area contributed by atoms with Crippen LogP contribution in [0.25, 0.3) is 22.4 Å². The number of nitrogens with one attached hydrogen (secondary N) is 1. The Morgan fingerprint density at radius 1 is 0.750 bits per heavy atom. The van der Waals surface area contributed by atoms with Gasteiger partial charge in [0, 0.05) is 5.56 Å². The number of aromatic nitrogens is 3. The molecule has 11 heteroatoms. The average Bonchev–Trinajstić information content (AvgIpc) is 3.08. The quantitative estimate of drug-likeness (QED) is 0.603.